The minimum absolute atomic E-state index is 0.177. The van der Waals surface area contributed by atoms with E-state index in [-0.39, 0.29) is 17.3 Å². The molecule has 0 unspecified atom stereocenters. The van der Waals surface area contributed by atoms with Gasteiger partial charge in [-0.15, -0.1) is 22.7 Å². The Labute approximate surface area is 141 Å². The summed E-state index contributed by atoms with van der Waals surface area (Å²) in [7, 11) is 0. The fraction of sp³-hybridized carbons (Fsp3) is 0. The molecule has 0 aliphatic rings. The third-order valence-corrected chi connectivity index (χ3v) is 4.83. The van der Waals surface area contributed by atoms with Crippen molar-refractivity contribution in [2.24, 2.45) is 0 Å². The molecule has 1 aromatic carbocycles. The zero-order valence-corrected chi connectivity index (χ0v) is 13.7. The average Bonchev–Trinajstić information content (AvgIpc) is 3.27. The molecular weight excluding hydrogens is 326 g/mol. The Morgan fingerprint density at radius 1 is 0.826 bits per heavy atom. The number of para-hydroxylation sites is 1. The highest BCUT2D eigenvalue weighted by Gasteiger charge is 2.16. The van der Waals surface area contributed by atoms with E-state index in [1.165, 1.54) is 28.7 Å². The van der Waals surface area contributed by atoms with E-state index >= 15 is 0 Å². The molecule has 0 aliphatic heterocycles. The first-order chi connectivity index (χ1) is 11.2. The maximum atomic E-state index is 12.6. The van der Waals surface area contributed by atoms with Crippen LogP contribution < -0.4 is 5.32 Å². The number of benzene rings is 1. The van der Waals surface area contributed by atoms with Gasteiger partial charge in [0.25, 0.3) is 0 Å². The Balaban J connectivity index is 1.93. The van der Waals surface area contributed by atoms with Gasteiger partial charge in [0, 0.05) is 11.8 Å². The third kappa shape index (κ3) is 3.83. The van der Waals surface area contributed by atoms with Crippen LogP contribution in [0.1, 0.15) is 19.3 Å². The van der Waals surface area contributed by atoms with Crippen molar-refractivity contribution in [2.45, 2.75) is 0 Å². The molecule has 0 atom stereocenters. The number of ketones is 2. The summed E-state index contributed by atoms with van der Waals surface area (Å²) < 4.78 is 0. The van der Waals surface area contributed by atoms with E-state index in [0.29, 0.717) is 9.75 Å². The molecule has 3 aromatic rings. The minimum atomic E-state index is -0.186. The van der Waals surface area contributed by atoms with Gasteiger partial charge in [0.2, 0.25) is 5.78 Å². The molecule has 0 amide bonds. The van der Waals surface area contributed by atoms with E-state index < -0.39 is 0 Å². The van der Waals surface area contributed by atoms with Crippen LogP contribution in [0.3, 0.4) is 0 Å². The largest absolute Gasteiger partial charge is 0.352 e. The van der Waals surface area contributed by atoms with Gasteiger partial charge in [0.05, 0.1) is 15.5 Å². The molecule has 0 radical (unpaired) electrons. The van der Waals surface area contributed by atoms with Gasteiger partial charge in [-0.3, -0.25) is 9.59 Å². The zero-order chi connectivity index (χ0) is 16.1. The Morgan fingerprint density at radius 3 is 2.09 bits per heavy atom. The zero-order valence-electron chi connectivity index (χ0n) is 12.1. The number of allylic oxidation sites excluding steroid dienone is 2. The second-order valence-corrected chi connectivity index (χ2v) is 6.59. The molecule has 5 heteroatoms. The molecule has 0 spiro atoms. The van der Waals surface area contributed by atoms with Gasteiger partial charge in [0.1, 0.15) is 0 Å². The van der Waals surface area contributed by atoms with Crippen LogP contribution in [0.5, 0.6) is 0 Å². The summed E-state index contributed by atoms with van der Waals surface area (Å²) in [6.07, 6.45) is 1.38. The highest BCUT2D eigenvalue weighted by Crippen LogP contribution is 2.19. The first-order valence-corrected chi connectivity index (χ1v) is 8.70. The highest BCUT2D eigenvalue weighted by molar-refractivity contribution is 7.12. The van der Waals surface area contributed by atoms with Crippen molar-refractivity contribution in [2.75, 3.05) is 5.32 Å². The van der Waals surface area contributed by atoms with Crippen LogP contribution in [0, 0.1) is 0 Å². The third-order valence-electron chi connectivity index (χ3n) is 3.08. The molecule has 0 aliphatic carbocycles. The molecule has 2 heterocycles. The normalized spacial score (nSPS) is 11.2. The summed E-state index contributed by atoms with van der Waals surface area (Å²) in [4.78, 5) is 26.2. The molecule has 3 nitrogen and oxygen atoms in total. The quantitative estimate of drug-likeness (QED) is 0.515. The van der Waals surface area contributed by atoms with Gasteiger partial charge in [-0.05, 0) is 35.0 Å². The van der Waals surface area contributed by atoms with E-state index in [1.54, 1.807) is 12.1 Å². The molecule has 0 saturated heterocycles. The van der Waals surface area contributed by atoms with Crippen LogP contribution >= 0.6 is 22.7 Å². The Kier molecular flexibility index (Phi) is 4.80. The predicted molar refractivity (Wildman–Crippen MR) is 95.4 cm³/mol. The van der Waals surface area contributed by atoms with Crippen molar-refractivity contribution in [3.8, 4) is 0 Å². The van der Waals surface area contributed by atoms with Gasteiger partial charge < -0.3 is 5.32 Å². The molecule has 2 aromatic heterocycles. The van der Waals surface area contributed by atoms with Crippen LogP contribution in [0.2, 0.25) is 0 Å². The second-order valence-electron chi connectivity index (χ2n) is 4.70. The number of hydrogen-bond acceptors (Lipinski definition) is 5. The van der Waals surface area contributed by atoms with Gasteiger partial charge in [-0.25, -0.2) is 0 Å². The van der Waals surface area contributed by atoms with E-state index in [1.807, 2.05) is 53.2 Å². The topological polar surface area (TPSA) is 46.2 Å². The van der Waals surface area contributed by atoms with Gasteiger partial charge in [-0.1, -0.05) is 30.3 Å². The van der Waals surface area contributed by atoms with Gasteiger partial charge in [0.15, 0.2) is 5.78 Å². The molecule has 0 saturated carbocycles. The van der Waals surface area contributed by atoms with Crippen molar-refractivity contribution in [1.29, 1.82) is 0 Å². The standard InChI is InChI=1S/C18H13NO2S2/c20-15(16-8-4-10-22-16)12-14(18(21)17-9-5-11-23-17)19-13-6-2-1-3-7-13/h1-12,19H/b14-12-. The fourth-order valence-corrected chi connectivity index (χ4v) is 3.31. The lowest BCUT2D eigenvalue weighted by atomic mass is 10.1. The number of rotatable bonds is 6. The summed E-state index contributed by atoms with van der Waals surface area (Å²) in [6.45, 7) is 0. The van der Waals surface area contributed by atoms with Crippen LogP contribution in [0.4, 0.5) is 5.69 Å². The predicted octanol–water partition coefficient (Wildman–Crippen LogP) is 4.87. The van der Waals surface area contributed by atoms with E-state index in [4.69, 9.17) is 0 Å². The van der Waals surface area contributed by atoms with Crippen molar-refractivity contribution >= 4 is 39.9 Å². The molecular formula is C18H13NO2S2. The Bertz CT molecular complexity index is 819. The van der Waals surface area contributed by atoms with Crippen molar-refractivity contribution < 1.29 is 9.59 Å². The second kappa shape index (κ2) is 7.17. The molecule has 0 fully saturated rings. The summed E-state index contributed by atoms with van der Waals surface area (Å²) in [6, 6.07) is 16.5. The maximum Gasteiger partial charge on any atom is 0.219 e. The van der Waals surface area contributed by atoms with Crippen LogP contribution in [0.15, 0.2) is 77.1 Å². The summed E-state index contributed by atoms with van der Waals surface area (Å²) in [5.74, 6) is -0.364. The SMILES string of the molecule is O=C(/C=C(\Nc1ccccc1)C(=O)c1cccs1)c1cccs1. The van der Waals surface area contributed by atoms with Crippen molar-refractivity contribution in [3.63, 3.8) is 0 Å². The monoisotopic (exact) mass is 339 g/mol. The number of thiophene rings is 2. The average molecular weight is 339 g/mol. The lowest BCUT2D eigenvalue weighted by molar-refractivity contribution is 0.101. The number of nitrogens with one attached hydrogen (secondary N) is 1. The number of anilines is 1. The van der Waals surface area contributed by atoms with Crippen LogP contribution in [-0.2, 0) is 0 Å². The Hall–Kier alpha value is -2.50. The number of carbonyl (C=O) groups is 2. The van der Waals surface area contributed by atoms with E-state index in [0.717, 1.165) is 5.69 Å². The van der Waals surface area contributed by atoms with Crippen LogP contribution in [0.25, 0.3) is 0 Å². The minimum Gasteiger partial charge on any atom is -0.352 e. The van der Waals surface area contributed by atoms with Crippen molar-refractivity contribution in [3.05, 3.63) is 86.9 Å². The molecule has 23 heavy (non-hydrogen) atoms. The number of carbonyl (C=O) groups excluding carboxylic acids is 2. The number of hydrogen-bond donors (Lipinski definition) is 1. The number of Topliss-reactive ketones (excluding diaryl/α,β-unsaturated/α-hetero) is 1. The van der Waals surface area contributed by atoms with Crippen molar-refractivity contribution in [1.82, 2.24) is 0 Å². The molecule has 114 valence electrons. The first kappa shape index (κ1) is 15.4. The fourth-order valence-electron chi connectivity index (χ4n) is 2.00. The van der Waals surface area contributed by atoms with Crippen LogP contribution in [-0.4, -0.2) is 11.6 Å². The smallest absolute Gasteiger partial charge is 0.219 e. The Morgan fingerprint density at radius 2 is 1.48 bits per heavy atom. The van der Waals surface area contributed by atoms with Gasteiger partial charge >= 0.3 is 0 Å². The first-order valence-electron chi connectivity index (χ1n) is 6.94. The molecule has 3 rings (SSSR count). The summed E-state index contributed by atoms with van der Waals surface area (Å²) in [5.41, 5.74) is 1.04. The molecule has 0 bridgehead atoms. The molecule has 1 N–H and O–H groups in total. The summed E-state index contributed by atoms with van der Waals surface area (Å²) >= 11 is 2.71. The summed E-state index contributed by atoms with van der Waals surface area (Å²) in [5, 5.41) is 6.74. The van der Waals surface area contributed by atoms with E-state index in [2.05, 4.69) is 5.32 Å². The lowest BCUT2D eigenvalue weighted by Crippen LogP contribution is -2.13. The van der Waals surface area contributed by atoms with E-state index in [9.17, 15) is 9.59 Å². The highest BCUT2D eigenvalue weighted by atomic mass is 32.1. The van der Waals surface area contributed by atoms with Gasteiger partial charge in [-0.2, -0.15) is 0 Å². The maximum absolute atomic E-state index is 12.6. The lowest BCUT2D eigenvalue weighted by Gasteiger charge is -2.09.